The molecule has 0 aromatic carbocycles. The van der Waals surface area contributed by atoms with Crippen LogP contribution < -0.4 is 5.32 Å². The van der Waals surface area contributed by atoms with E-state index in [0.29, 0.717) is 6.42 Å². The van der Waals surface area contributed by atoms with Crippen molar-refractivity contribution in [1.82, 2.24) is 4.98 Å². The average molecular weight is 253 g/mol. The van der Waals surface area contributed by atoms with Crippen LogP contribution in [0.3, 0.4) is 0 Å². The molecule has 18 heavy (non-hydrogen) atoms. The Balaban J connectivity index is 2.86. The maximum atomic E-state index is 11.1. The Morgan fingerprint density at radius 3 is 2.83 bits per heavy atom. The molecule has 0 aliphatic heterocycles. The summed E-state index contributed by atoms with van der Waals surface area (Å²) in [5, 5.41) is 22.6. The highest BCUT2D eigenvalue weighted by atomic mass is 16.6. The van der Waals surface area contributed by atoms with Gasteiger partial charge in [0, 0.05) is 18.8 Å². The lowest BCUT2D eigenvalue weighted by Gasteiger charge is -2.23. The highest BCUT2D eigenvalue weighted by molar-refractivity contribution is 5.75. The first kappa shape index (κ1) is 13.9. The normalized spacial score (nSPS) is 13.7. The molecule has 0 aliphatic rings. The Kier molecular flexibility index (Phi) is 4.19. The first-order valence-corrected chi connectivity index (χ1v) is 5.47. The van der Waals surface area contributed by atoms with Crippen LogP contribution in [0.15, 0.2) is 18.3 Å². The van der Waals surface area contributed by atoms with Crippen LogP contribution in [-0.2, 0) is 4.79 Å². The molecule has 0 aliphatic carbocycles. The molecule has 1 aromatic rings. The summed E-state index contributed by atoms with van der Waals surface area (Å²) >= 11 is 0. The number of nitrogens with one attached hydrogen (secondary N) is 1. The number of nitro groups is 1. The van der Waals surface area contributed by atoms with Crippen molar-refractivity contribution in [3.05, 3.63) is 28.4 Å². The third-order valence-corrected chi connectivity index (χ3v) is 2.93. The number of rotatable bonds is 6. The lowest BCUT2D eigenvalue weighted by molar-refractivity contribution is -0.384. The smallest absolute Gasteiger partial charge is 0.311 e. The van der Waals surface area contributed by atoms with Gasteiger partial charge in [-0.2, -0.15) is 0 Å². The number of hydrogen-bond acceptors (Lipinski definition) is 5. The molecule has 0 saturated carbocycles. The van der Waals surface area contributed by atoms with E-state index >= 15 is 0 Å². The minimum atomic E-state index is -0.981. The van der Waals surface area contributed by atoms with E-state index in [4.69, 9.17) is 5.11 Å². The van der Waals surface area contributed by atoms with E-state index in [9.17, 15) is 14.9 Å². The Morgan fingerprint density at radius 1 is 1.67 bits per heavy atom. The predicted molar refractivity (Wildman–Crippen MR) is 65.4 cm³/mol. The molecular weight excluding hydrogens is 238 g/mol. The molecule has 1 unspecified atom stereocenters. The van der Waals surface area contributed by atoms with Crippen molar-refractivity contribution in [2.45, 2.75) is 20.3 Å². The molecule has 0 spiro atoms. The molecule has 0 amide bonds. The largest absolute Gasteiger partial charge is 0.481 e. The average Bonchev–Trinajstić information content (AvgIpc) is 2.35. The van der Waals surface area contributed by atoms with Crippen molar-refractivity contribution in [3.63, 3.8) is 0 Å². The molecule has 1 aromatic heterocycles. The van der Waals surface area contributed by atoms with Gasteiger partial charge in [-0.15, -0.1) is 0 Å². The second kappa shape index (κ2) is 5.44. The third kappa shape index (κ3) is 2.93. The Morgan fingerprint density at radius 2 is 2.33 bits per heavy atom. The van der Waals surface area contributed by atoms with Crippen LogP contribution in [0.25, 0.3) is 0 Å². The molecule has 1 atom stereocenters. The Bertz CT molecular complexity index is 463. The van der Waals surface area contributed by atoms with Gasteiger partial charge in [0.2, 0.25) is 5.82 Å². The summed E-state index contributed by atoms with van der Waals surface area (Å²) in [5.74, 6) is -0.862. The van der Waals surface area contributed by atoms with Crippen molar-refractivity contribution in [2.75, 3.05) is 11.9 Å². The van der Waals surface area contributed by atoms with Gasteiger partial charge in [0.15, 0.2) is 0 Å². The van der Waals surface area contributed by atoms with Crippen molar-refractivity contribution in [2.24, 2.45) is 5.41 Å². The van der Waals surface area contributed by atoms with Gasteiger partial charge in [0.05, 0.1) is 10.3 Å². The number of aromatic nitrogens is 1. The molecule has 1 rings (SSSR count). The number of anilines is 1. The summed E-state index contributed by atoms with van der Waals surface area (Å²) in [6.07, 6.45) is 1.83. The fraction of sp³-hybridized carbons (Fsp3) is 0.455. The summed E-state index contributed by atoms with van der Waals surface area (Å²) in [4.78, 5) is 25.2. The molecule has 0 radical (unpaired) electrons. The Hall–Kier alpha value is -2.18. The molecule has 7 nitrogen and oxygen atoms in total. The monoisotopic (exact) mass is 253 g/mol. The summed E-state index contributed by atoms with van der Waals surface area (Å²) < 4.78 is 0. The zero-order chi connectivity index (χ0) is 13.8. The first-order valence-electron chi connectivity index (χ1n) is 5.47. The second-order valence-electron chi connectivity index (χ2n) is 4.20. The first-order chi connectivity index (χ1) is 8.40. The predicted octanol–water partition coefficient (Wildman–Crippen LogP) is 1.90. The van der Waals surface area contributed by atoms with E-state index in [0.717, 1.165) is 0 Å². The van der Waals surface area contributed by atoms with Gasteiger partial charge in [-0.1, -0.05) is 6.92 Å². The van der Waals surface area contributed by atoms with Gasteiger partial charge >= 0.3 is 11.7 Å². The molecular formula is C11H15N3O4. The molecule has 0 fully saturated rings. The van der Waals surface area contributed by atoms with E-state index in [1.165, 1.54) is 18.3 Å². The minimum absolute atomic E-state index is 0.0800. The van der Waals surface area contributed by atoms with Crippen molar-refractivity contribution >= 4 is 17.5 Å². The second-order valence-corrected chi connectivity index (χ2v) is 4.20. The highest BCUT2D eigenvalue weighted by Crippen LogP contribution is 2.25. The number of hydrogen-bond donors (Lipinski definition) is 2. The van der Waals surface area contributed by atoms with Crippen LogP contribution in [-0.4, -0.2) is 27.5 Å². The molecule has 7 heteroatoms. The summed E-state index contributed by atoms with van der Waals surface area (Å²) in [6.45, 7) is 3.41. The van der Waals surface area contributed by atoms with Gasteiger partial charge in [-0.25, -0.2) is 4.98 Å². The van der Waals surface area contributed by atoms with Crippen molar-refractivity contribution < 1.29 is 14.8 Å². The van der Waals surface area contributed by atoms with Crippen LogP contribution in [0.1, 0.15) is 20.3 Å². The van der Waals surface area contributed by atoms with Crippen LogP contribution in [0.5, 0.6) is 0 Å². The lowest BCUT2D eigenvalue weighted by Crippen LogP contribution is -2.34. The fourth-order valence-electron chi connectivity index (χ4n) is 1.31. The highest BCUT2D eigenvalue weighted by Gasteiger charge is 2.31. The van der Waals surface area contributed by atoms with E-state index < -0.39 is 16.3 Å². The Labute approximate surface area is 104 Å². The quantitative estimate of drug-likeness (QED) is 0.592. The number of carboxylic acid groups (broad SMARTS) is 1. The number of nitrogens with zero attached hydrogens (tertiary/aromatic N) is 2. The third-order valence-electron chi connectivity index (χ3n) is 2.93. The number of carbonyl (C=O) groups is 1. The summed E-state index contributed by atoms with van der Waals surface area (Å²) in [6, 6.07) is 2.78. The van der Waals surface area contributed by atoms with E-state index in [2.05, 4.69) is 10.3 Å². The van der Waals surface area contributed by atoms with Gasteiger partial charge in [-0.05, 0) is 19.4 Å². The van der Waals surface area contributed by atoms with E-state index in [1.807, 2.05) is 0 Å². The lowest BCUT2D eigenvalue weighted by atomic mass is 9.88. The molecule has 0 saturated heterocycles. The van der Waals surface area contributed by atoms with Gasteiger partial charge in [0.25, 0.3) is 0 Å². The van der Waals surface area contributed by atoms with E-state index in [-0.39, 0.29) is 18.1 Å². The number of aliphatic carboxylic acids is 1. The topological polar surface area (TPSA) is 105 Å². The van der Waals surface area contributed by atoms with Crippen molar-refractivity contribution in [3.8, 4) is 0 Å². The van der Waals surface area contributed by atoms with Crippen LogP contribution in [0.2, 0.25) is 0 Å². The zero-order valence-electron chi connectivity index (χ0n) is 10.2. The van der Waals surface area contributed by atoms with E-state index in [1.54, 1.807) is 13.8 Å². The van der Waals surface area contributed by atoms with Gasteiger partial charge in [0.1, 0.15) is 0 Å². The summed E-state index contributed by atoms with van der Waals surface area (Å²) in [7, 11) is 0. The van der Waals surface area contributed by atoms with Gasteiger partial charge < -0.3 is 10.4 Å². The van der Waals surface area contributed by atoms with Crippen LogP contribution in [0, 0.1) is 15.5 Å². The standard InChI is InChI=1S/C11H15N3O4/c1-3-11(2,10(15)16)7-13-9-8(14(17)18)5-4-6-12-9/h4-6H,3,7H2,1-2H3,(H,12,13)(H,15,16). The maximum absolute atomic E-state index is 11.1. The SMILES string of the molecule is CCC(C)(CNc1ncccc1[N+](=O)[O-])C(=O)O. The number of pyridine rings is 1. The maximum Gasteiger partial charge on any atom is 0.311 e. The molecule has 2 N–H and O–H groups in total. The van der Waals surface area contributed by atoms with Crippen LogP contribution >= 0.6 is 0 Å². The summed E-state index contributed by atoms with van der Waals surface area (Å²) in [5.41, 5.74) is -1.15. The zero-order valence-corrected chi connectivity index (χ0v) is 10.2. The fourth-order valence-corrected chi connectivity index (χ4v) is 1.31. The minimum Gasteiger partial charge on any atom is -0.481 e. The number of carboxylic acids is 1. The molecule has 1 heterocycles. The molecule has 0 bridgehead atoms. The molecule has 98 valence electrons. The van der Waals surface area contributed by atoms with Crippen LogP contribution in [0.4, 0.5) is 11.5 Å². The van der Waals surface area contributed by atoms with Crippen molar-refractivity contribution in [1.29, 1.82) is 0 Å². The van der Waals surface area contributed by atoms with Gasteiger partial charge in [-0.3, -0.25) is 14.9 Å².